The summed E-state index contributed by atoms with van der Waals surface area (Å²) in [4.78, 5) is 29.2. The van der Waals surface area contributed by atoms with E-state index >= 15 is 0 Å². The van der Waals surface area contributed by atoms with Gasteiger partial charge >= 0.3 is 12.1 Å². The van der Waals surface area contributed by atoms with Crippen LogP contribution in [0.5, 0.6) is 0 Å². The minimum atomic E-state index is -4.78. The summed E-state index contributed by atoms with van der Waals surface area (Å²) in [7, 11) is 1.13. The first-order valence-electron chi connectivity index (χ1n) is 9.94. The number of nitrogens with zero attached hydrogens (tertiary/aromatic N) is 3. The van der Waals surface area contributed by atoms with E-state index in [1.165, 1.54) is 53.3 Å². The Bertz CT molecular complexity index is 1440. The van der Waals surface area contributed by atoms with E-state index in [9.17, 15) is 27.2 Å². The van der Waals surface area contributed by atoms with Crippen molar-refractivity contribution in [3.05, 3.63) is 87.5 Å². The van der Waals surface area contributed by atoms with Crippen molar-refractivity contribution in [3.63, 3.8) is 0 Å². The van der Waals surface area contributed by atoms with E-state index in [0.717, 1.165) is 7.11 Å². The summed E-state index contributed by atoms with van der Waals surface area (Å²) < 4.78 is 60.0. The lowest BCUT2D eigenvalue weighted by Gasteiger charge is -2.13. The summed E-state index contributed by atoms with van der Waals surface area (Å²) in [6.45, 7) is 0.0456. The van der Waals surface area contributed by atoms with E-state index in [0.29, 0.717) is 16.1 Å². The lowest BCUT2D eigenvalue weighted by atomic mass is 10.1. The Morgan fingerprint density at radius 3 is 2.49 bits per heavy atom. The molecule has 35 heavy (non-hydrogen) atoms. The van der Waals surface area contributed by atoms with Crippen molar-refractivity contribution < 1.29 is 31.9 Å². The number of rotatable bonds is 5. The number of esters is 1. The molecule has 1 N–H and O–H groups in total. The maximum absolute atomic E-state index is 13.4. The molecule has 0 saturated carbocycles. The first kappa shape index (κ1) is 24.3. The molecular weight excluding hydrogens is 536 g/mol. The Labute approximate surface area is 203 Å². The van der Waals surface area contributed by atoms with Crippen LogP contribution < -0.4 is 5.32 Å². The minimum absolute atomic E-state index is 0.0339. The normalized spacial score (nSPS) is 11.5. The number of methoxy groups -OCH3 is 1. The number of nitrogens with one attached hydrogen (secondary N) is 1. The second kappa shape index (κ2) is 9.45. The van der Waals surface area contributed by atoms with Crippen LogP contribution in [-0.2, 0) is 17.5 Å². The van der Waals surface area contributed by atoms with Gasteiger partial charge in [-0.3, -0.25) is 9.48 Å². The SMILES string of the molecule is COC(=O)c1c(NC(=O)c2cc(C(F)(F)F)nc3ccc(Br)cc23)cnn1Cc1ccc(F)cc1. The Kier molecular flexibility index (Phi) is 6.57. The van der Waals surface area contributed by atoms with Gasteiger partial charge in [-0.15, -0.1) is 0 Å². The molecule has 0 radical (unpaired) electrons. The molecule has 2 heterocycles. The molecule has 4 rings (SSSR count). The molecule has 0 atom stereocenters. The molecule has 2 aromatic heterocycles. The van der Waals surface area contributed by atoms with Crippen LogP contribution >= 0.6 is 15.9 Å². The molecule has 0 unspecified atom stereocenters. The molecule has 0 aliphatic heterocycles. The molecule has 7 nitrogen and oxygen atoms in total. The minimum Gasteiger partial charge on any atom is -0.464 e. The van der Waals surface area contributed by atoms with Crippen LogP contribution in [-0.4, -0.2) is 33.8 Å². The van der Waals surface area contributed by atoms with Crippen molar-refractivity contribution >= 4 is 44.4 Å². The number of pyridine rings is 1. The Morgan fingerprint density at radius 2 is 1.83 bits per heavy atom. The van der Waals surface area contributed by atoms with E-state index in [1.807, 2.05) is 0 Å². The molecule has 0 spiro atoms. The molecule has 2 aromatic carbocycles. The molecular formula is C23H15BrF4N4O3. The molecule has 0 fully saturated rings. The van der Waals surface area contributed by atoms with Crippen LogP contribution in [0.25, 0.3) is 10.9 Å². The maximum atomic E-state index is 13.4. The molecule has 0 saturated heterocycles. The fourth-order valence-corrected chi connectivity index (χ4v) is 3.75. The topological polar surface area (TPSA) is 86.1 Å². The first-order valence-corrected chi connectivity index (χ1v) is 10.7. The van der Waals surface area contributed by atoms with E-state index in [1.54, 1.807) is 0 Å². The van der Waals surface area contributed by atoms with E-state index < -0.39 is 29.6 Å². The Balaban J connectivity index is 1.74. The lowest BCUT2D eigenvalue weighted by Crippen LogP contribution is -2.19. The zero-order chi connectivity index (χ0) is 25.3. The maximum Gasteiger partial charge on any atom is 0.433 e. The number of hydrogen-bond acceptors (Lipinski definition) is 5. The lowest BCUT2D eigenvalue weighted by molar-refractivity contribution is -0.141. The number of carbonyl (C=O) groups excluding carboxylic acids is 2. The van der Waals surface area contributed by atoms with Gasteiger partial charge in [-0.2, -0.15) is 18.3 Å². The highest BCUT2D eigenvalue weighted by molar-refractivity contribution is 9.10. The van der Waals surface area contributed by atoms with Crippen molar-refractivity contribution in [2.24, 2.45) is 0 Å². The average molecular weight is 551 g/mol. The average Bonchev–Trinajstić information content (AvgIpc) is 3.20. The van der Waals surface area contributed by atoms with Gasteiger partial charge in [0.05, 0.1) is 36.6 Å². The van der Waals surface area contributed by atoms with Crippen LogP contribution in [0, 0.1) is 5.82 Å². The number of fused-ring (bicyclic) bond motifs is 1. The van der Waals surface area contributed by atoms with Crippen molar-refractivity contribution in [1.82, 2.24) is 14.8 Å². The Morgan fingerprint density at radius 1 is 1.11 bits per heavy atom. The first-order chi connectivity index (χ1) is 16.6. The number of hydrogen-bond donors (Lipinski definition) is 1. The third-order valence-electron chi connectivity index (χ3n) is 5.02. The summed E-state index contributed by atoms with van der Waals surface area (Å²) in [5.74, 6) is -2.18. The fourth-order valence-electron chi connectivity index (χ4n) is 3.39. The second-order valence-corrected chi connectivity index (χ2v) is 8.27. The number of aromatic nitrogens is 3. The van der Waals surface area contributed by atoms with E-state index in [2.05, 4.69) is 31.3 Å². The largest absolute Gasteiger partial charge is 0.464 e. The summed E-state index contributed by atoms with van der Waals surface area (Å²) in [6, 6.07) is 10.4. The van der Waals surface area contributed by atoms with Crippen LogP contribution in [0.1, 0.15) is 32.1 Å². The summed E-state index contributed by atoms with van der Waals surface area (Å²) in [5.41, 5.74) is -1.17. The van der Waals surface area contributed by atoms with Gasteiger partial charge in [0.25, 0.3) is 5.91 Å². The zero-order valence-corrected chi connectivity index (χ0v) is 19.4. The summed E-state index contributed by atoms with van der Waals surface area (Å²) in [5, 5.41) is 6.71. The molecule has 1 amide bonds. The van der Waals surface area contributed by atoms with Gasteiger partial charge in [-0.25, -0.2) is 14.2 Å². The predicted molar refractivity (Wildman–Crippen MR) is 121 cm³/mol. The highest BCUT2D eigenvalue weighted by Gasteiger charge is 2.34. The number of ether oxygens (including phenoxy) is 1. The molecule has 0 aliphatic carbocycles. The Hall–Kier alpha value is -3.80. The van der Waals surface area contributed by atoms with Crippen LogP contribution in [0.15, 0.2) is 59.2 Å². The number of benzene rings is 2. The number of alkyl halides is 3. The highest BCUT2D eigenvalue weighted by Crippen LogP contribution is 2.32. The van der Waals surface area contributed by atoms with Crippen molar-refractivity contribution in [2.75, 3.05) is 12.4 Å². The van der Waals surface area contributed by atoms with Gasteiger partial charge in [-0.1, -0.05) is 28.1 Å². The standard InChI is InChI=1S/C23H15BrF4N4O3/c1-35-22(34)20-18(10-29-32(20)11-12-2-5-14(25)6-3-12)31-21(33)16-9-19(23(26,27)28)30-17-7-4-13(24)8-15(16)17/h2-10H,11H2,1H3,(H,31,33). The van der Waals surface area contributed by atoms with Crippen LogP contribution in [0.2, 0.25) is 0 Å². The molecule has 0 bridgehead atoms. The van der Waals surface area contributed by atoms with Gasteiger partial charge < -0.3 is 10.1 Å². The van der Waals surface area contributed by atoms with Crippen LogP contribution in [0.3, 0.4) is 0 Å². The summed E-state index contributed by atoms with van der Waals surface area (Å²) >= 11 is 3.24. The quantitative estimate of drug-likeness (QED) is 0.264. The zero-order valence-electron chi connectivity index (χ0n) is 17.9. The van der Waals surface area contributed by atoms with Gasteiger partial charge in [0.1, 0.15) is 11.5 Å². The molecule has 4 aromatic rings. The third-order valence-corrected chi connectivity index (χ3v) is 5.51. The van der Waals surface area contributed by atoms with Gasteiger partial charge in [0.15, 0.2) is 5.69 Å². The van der Waals surface area contributed by atoms with Crippen LogP contribution in [0.4, 0.5) is 23.2 Å². The second-order valence-electron chi connectivity index (χ2n) is 7.35. The van der Waals surface area contributed by atoms with Crippen molar-refractivity contribution in [2.45, 2.75) is 12.7 Å². The molecule has 0 aliphatic rings. The van der Waals surface area contributed by atoms with Gasteiger partial charge in [0.2, 0.25) is 0 Å². The monoisotopic (exact) mass is 550 g/mol. The summed E-state index contributed by atoms with van der Waals surface area (Å²) in [6.07, 6.45) is -3.61. The van der Waals surface area contributed by atoms with Crippen molar-refractivity contribution in [3.8, 4) is 0 Å². The molecule has 12 heteroatoms. The number of amides is 1. The van der Waals surface area contributed by atoms with Crippen molar-refractivity contribution in [1.29, 1.82) is 0 Å². The smallest absolute Gasteiger partial charge is 0.433 e. The van der Waals surface area contributed by atoms with Gasteiger partial charge in [0, 0.05) is 9.86 Å². The third kappa shape index (κ3) is 5.16. The number of carbonyl (C=O) groups is 2. The fraction of sp³-hybridized carbons (Fsp3) is 0.130. The number of halogens is 5. The highest BCUT2D eigenvalue weighted by atomic mass is 79.9. The van der Waals surface area contributed by atoms with Gasteiger partial charge in [-0.05, 0) is 42.0 Å². The van der Waals surface area contributed by atoms with E-state index in [4.69, 9.17) is 4.74 Å². The number of anilines is 1. The molecule has 180 valence electrons. The predicted octanol–water partition coefficient (Wildman–Crippen LogP) is 5.44. The van der Waals surface area contributed by atoms with E-state index in [-0.39, 0.29) is 34.4 Å².